The summed E-state index contributed by atoms with van der Waals surface area (Å²) in [6.45, 7) is 3.07. The molecule has 1 N–H and O–H groups in total. The van der Waals surface area contributed by atoms with Crippen molar-refractivity contribution >= 4 is 23.5 Å². The highest BCUT2D eigenvalue weighted by molar-refractivity contribution is 6.33. The number of carbonyl (C=O) groups is 2. The van der Waals surface area contributed by atoms with Crippen molar-refractivity contribution in [2.45, 2.75) is 25.7 Å². The van der Waals surface area contributed by atoms with Crippen LogP contribution in [-0.2, 0) is 9.59 Å². The van der Waals surface area contributed by atoms with E-state index in [1.807, 2.05) is 55.5 Å². The van der Waals surface area contributed by atoms with Gasteiger partial charge >= 0.3 is 5.97 Å². The van der Waals surface area contributed by atoms with Crippen molar-refractivity contribution in [3.05, 3.63) is 59.1 Å². The van der Waals surface area contributed by atoms with Gasteiger partial charge in [-0.05, 0) is 36.5 Å². The lowest BCUT2D eigenvalue weighted by Crippen LogP contribution is -2.32. The Morgan fingerprint density at radius 3 is 2.54 bits per heavy atom. The molecule has 1 unspecified atom stereocenters. The Labute approximate surface area is 158 Å². The van der Waals surface area contributed by atoms with Gasteiger partial charge in [0.25, 0.3) is 0 Å². The highest BCUT2D eigenvalue weighted by Crippen LogP contribution is 2.30. The molecule has 2 aromatic rings. The van der Waals surface area contributed by atoms with E-state index in [0.29, 0.717) is 18.1 Å². The van der Waals surface area contributed by atoms with Crippen LogP contribution in [0.25, 0.3) is 11.1 Å². The Balaban J connectivity index is 1.68. The number of rotatable bonds is 5. The minimum absolute atomic E-state index is 0.0587. The van der Waals surface area contributed by atoms with Gasteiger partial charge in [0.1, 0.15) is 0 Å². The first-order chi connectivity index (χ1) is 12.5. The monoisotopic (exact) mass is 371 g/mol. The van der Waals surface area contributed by atoms with E-state index in [9.17, 15) is 9.59 Å². The molecule has 1 amide bonds. The van der Waals surface area contributed by atoms with Crippen molar-refractivity contribution in [2.75, 3.05) is 13.1 Å². The van der Waals surface area contributed by atoms with Gasteiger partial charge in [-0.1, -0.05) is 54.1 Å². The highest BCUT2D eigenvalue weighted by Gasteiger charge is 2.30. The minimum atomic E-state index is -0.799. The predicted octanol–water partition coefficient (Wildman–Crippen LogP) is 4.43. The number of aliphatic carboxylic acids is 1. The molecular formula is C21H22ClNO3. The third kappa shape index (κ3) is 4.07. The van der Waals surface area contributed by atoms with Gasteiger partial charge in [0.2, 0.25) is 5.91 Å². The molecule has 0 aliphatic carbocycles. The lowest BCUT2D eigenvalue weighted by molar-refractivity contribution is -0.138. The van der Waals surface area contributed by atoms with Crippen LogP contribution in [0.3, 0.4) is 0 Å². The quantitative estimate of drug-likeness (QED) is 0.845. The molecule has 1 heterocycles. The summed E-state index contributed by atoms with van der Waals surface area (Å²) < 4.78 is 0. The SMILES string of the molecule is CC(C(=O)N1CC[C@H](CC(=O)O)C1)c1ccc(-c2ccccc2Cl)cc1. The van der Waals surface area contributed by atoms with E-state index in [-0.39, 0.29) is 24.2 Å². The number of amides is 1. The van der Waals surface area contributed by atoms with Crippen LogP contribution >= 0.6 is 11.6 Å². The van der Waals surface area contributed by atoms with Gasteiger partial charge in [0.15, 0.2) is 0 Å². The summed E-state index contributed by atoms with van der Waals surface area (Å²) >= 11 is 6.24. The number of hydrogen-bond donors (Lipinski definition) is 1. The Morgan fingerprint density at radius 1 is 1.19 bits per heavy atom. The van der Waals surface area contributed by atoms with Crippen molar-refractivity contribution in [2.24, 2.45) is 5.92 Å². The van der Waals surface area contributed by atoms with Crippen molar-refractivity contribution < 1.29 is 14.7 Å². The zero-order chi connectivity index (χ0) is 18.7. The summed E-state index contributed by atoms with van der Waals surface area (Å²) in [6.07, 6.45) is 0.890. The Hall–Kier alpha value is -2.33. The Kier molecular flexibility index (Phi) is 5.62. The zero-order valence-corrected chi connectivity index (χ0v) is 15.4. The molecule has 0 saturated carbocycles. The van der Waals surface area contributed by atoms with E-state index < -0.39 is 5.97 Å². The molecule has 0 bridgehead atoms. The molecule has 1 aliphatic heterocycles. The van der Waals surface area contributed by atoms with E-state index in [0.717, 1.165) is 23.1 Å². The van der Waals surface area contributed by atoms with E-state index in [1.165, 1.54) is 0 Å². The lowest BCUT2D eigenvalue weighted by Gasteiger charge is -2.21. The second kappa shape index (κ2) is 7.92. The Morgan fingerprint density at radius 2 is 1.88 bits per heavy atom. The van der Waals surface area contributed by atoms with Crippen LogP contribution in [0.15, 0.2) is 48.5 Å². The number of halogens is 1. The third-order valence-electron chi connectivity index (χ3n) is 5.03. The predicted molar refractivity (Wildman–Crippen MR) is 102 cm³/mol. The molecule has 0 aromatic heterocycles. The van der Waals surface area contributed by atoms with Gasteiger partial charge in [-0.3, -0.25) is 9.59 Å². The van der Waals surface area contributed by atoms with Crippen LogP contribution in [-0.4, -0.2) is 35.0 Å². The van der Waals surface area contributed by atoms with Gasteiger partial charge in [-0.25, -0.2) is 0 Å². The fourth-order valence-corrected chi connectivity index (χ4v) is 3.75. The molecule has 1 aliphatic rings. The van der Waals surface area contributed by atoms with Crippen LogP contribution in [0.4, 0.5) is 0 Å². The maximum atomic E-state index is 12.7. The Bertz CT molecular complexity index is 803. The molecule has 4 nitrogen and oxygen atoms in total. The van der Waals surface area contributed by atoms with Crippen molar-refractivity contribution in [3.63, 3.8) is 0 Å². The van der Waals surface area contributed by atoms with Crippen molar-refractivity contribution in [3.8, 4) is 11.1 Å². The summed E-state index contributed by atoms with van der Waals surface area (Å²) in [5, 5.41) is 9.61. The fourth-order valence-electron chi connectivity index (χ4n) is 3.51. The first-order valence-corrected chi connectivity index (χ1v) is 9.19. The number of carboxylic acids is 1. The van der Waals surface area contributed by atoms with E-state index in [1.54, 1.807) is 4.90 Å². The molecule has 5 heteroatoms. The van der Waals surface area contributed by atoms with Crippen molar-refractivity contribution in [1.29, 1.82) is 0 Å². The number of carbonyl (C=O) groups excluding carboxylic acids is 1. The molecule has 0 spiro atoms. The van der Waals surface area contributed by atoms with E-state index >= 15 is 0 Å². The lowest BCUT2D eigenvalue weighted by atomic mass is 9.96. The second-order valence-electron chi connectivity index (χ2n) is 6.86. The van der Waals surface area contributed by atoms with Crippen LogP contribution in [0.2, 0.25) is 5.02 Å². The summed E-state index contributed by atoms with van der Waals surface area (Å²) in [6, 6.07) is 15.6. The number of nitrogens with zero attached hydrogens (tertiary/aromatic N) is 1. The summed E-state index contributed by atoms with van der Waals surface area (Å²) in [7, 11) is 0. The van der Waals surface area contributed by atoms with E-state index in [4.69, 9.17) is 16.7 Å². The van der Waals surface area contributed by atoms with Crippen molar-refractivity contribution in [1.82, 2.24) is 4.90 Å². The summed E-state index contributed by atoms with van der Waals surface area (Å²) in [5.41, 5.74) is 2.94. The van der Waals surface area contributed by atoms with Gasteiger partial charge in [0, 0.05) is 30.1 Å². The first-order valence-electron chi connectivity index (χ1n) is 8.81. The van der Waals surface area contributed by atoms with E-state index in [2.05, 4.69) is 0 Å². The number of hydrogen-bond acceptors (Lipinski definition) is 2. The molecule has 136 valence electrons. The molecule has 26 heavy (non-hydrogen) atoms. The molecule has 0 radical (unpaired) electrons. The largest absolute Gasteiger partial charge is 0.481 e. The van der Waals surface area contributed by atoms with Crippen LogP contribution < -0.4 is 0 Å². The molecule has 3 rings (SSSR count). The van der Waals surface area contributed by atoms with Gasteiger partial charge in [-0.15, -0.1) is 0 Å². The van der Waals surface area contributed by atoms with Crippen LogP contribution in [0, 0.1) is 5.92 Å². The smallest absolute Gasteiger partial charge is 0.303 e. The highest BCUT2D eigenvalue weighted by atomic mass is 35.5. The van der Waals surface area contributed by atoms with Gasteiger partial charge in [-0.2, -0.15) is 0 Å². The molecule has 1 saturated heterocycles. The van der Waals surface area contributed by atoms with Crippen LogP contribution in [0.1, 0.15) is 31.2 Å². The normalized spacial score (nSPS) is 17.9. The summed E-state index contributed by atoms with van der Waals surface area (Å²) in [4.78, 5) is 25.4. The molecule has 1 fully saturated rings. The topological polar surface area (TPSA) is 57.6 Å². The first kappa shape index (κ1) is 18.5. The number of benzene rings is 2. The summed E-state index contributed by atoms with van der Waals surface area (Å²) in [5.74, 6) is -0.930. The molecule has 2 atom stereocenters. The fraction of sp³-hybridized carbons (Fsp3) is 0.333. The molecular weight excluding hydrogens is 350 g/mol. The number of likely N-dealkylation sites (tertiary alicyclic amines) is 1. The van der Waals surface area contributed by atoms with Gasteiger partial charge in [0.05, 0.1) is 5.92 Å². The minimum Gasteiger partial charge on any atom is -0.481 e. The second-order valence-corrected chi connectivity index (χ2v) is 7.27. The maximum absolute atomic E-state index is 12.7. The van der Waals surface area contributed by atoms with Gasteiger partial charge < -0.3 is 10.0 Å². The molecule has 2 aromatic carbocycles. The third-order valence-corrected chi connectivity index (χ3v) is 5.36. The standard InChI is InChI=1S/C21H22ClNO3/c1-14(21(26)23-11-10-15(13-23)12-20(24)25)16-6-8-17(9-7-16)18-4-2-3-5-19(18)22/h2-9,14-15H,10-13H2,1H3,(H,24,25)/t14?,15-/m1/s1. The van der Waals surface area contributed by atoms with Crippen LogP contribution in [0.5, 0.6) is 0 Å². The average Bonchev–Trinajstić information content (AvgIpc) is 3.09. The average molecular weight is 372 g/mol. The maximum Gasteiger partial charge on any atom is 0.303 e. The number of carboxylic acid groups (broad SMARTS) is 1. The zero-order valence-electron chi connectivity index (χ0n) is 14.7.